The second-order valence-corrected chi connectivity index (χ2v) is 6.33. The molecular weight excluding hydrogens is 238 g/mol. The summed E-state index contributed by atoms with van der Waals surface area (Å²) in [6.45, 7) is 7.86. The number of rotatable bonds is 7. The number of nitrogens with zero attached hydrogens (tertiary/aromatic N) is 2. The van der Waals surface area contributed by atoms with Crippen LogP contribution in [0.25, 0.3) is 0 Å². The molecule has 4 nitrogen and oxygen atoms in total. The largest absolute Gasteiger partial charge is 0.377 e. The Bertz CT molecular complexity index is 256. The molecule has 0 aromatic rings. The van der Waals surface area contributed by atoms with Crippen LogP contribution in [0, 0.1) is 0 Å². The van der Waals surface area contributed by atoms with Crippen molar-refractivity contribution in [2.24, 2.45) is 0 Å². The van der Waals surface area contributed by atoms with E-state index >= 15 is 0 Å². The van der Waals surface area contributed by atoms with Gasteiger partial charge in [0.05, 0.1) is 6.10 Å². The van der Waals surface area contributed by atoms with Crippen LogP contribution in [0.3, 0.4) is 0 Å². The first-order chi connectivity index (χ1) is 9.16. The van der Waals surface area contributed by atoms with Gasteiger partial charge in [0.25, 0.3) is 0 Å². The van der Waals surface area contributed by atoms with Crippen molar-refractivity contribution in [1.29, 1.82) is 0 Å². The van der Waals surface area contributed by atoms with Crippen LogP contribution in [0.5, 0.6) is 0 Å². The van der Waals surface area contributed by atoms with Crippen molar-refractivity contribution in [1.82, 2.24) is 15.1 Å². The van der Waals surface area contributed by atoms with Gasteiger partial charge < -0.3 is 19.9 Å². The zero-order chi connectivity index (χ0) is 13.7. The Morgan fingerprint density at radius 2 is 2.21 bits per heavy atom. The molecule has 3 unspecified atom stereocenters. The number of likely N-dealkylation sites (N-methyl/N-ethyl adjacent to an activating group) is 2. The lowest BCUT2D eigenvalue weighted by Gasteiger charge is -2.27. The second kappa shape index (κ2) is 7.58. The lowest BCUT2D eigenvalue weighted by molar-refractivity contribution is 0.0827. The predicted molar refractivity (Wildman–Crippen MR) is 79.6 cm³/mol. The molecule has 3 atom stereocenters. The van der Waals surface area contributed by atoms with Crippen LogP contribution in [0.4, 0.5) is 0 Å². The summed E-state index contributed by atoms with van der Waals surface area (Å²) in [5.41, 5.74) is 0. The first kappa shape index (κ1) is 15.2. The third-order valence-corrected chi connectivity index (χ3v) is 4.68. The molecule has 2 saturated heterocycles. The first-order valence-electron chi connectivity index (χ1n) is 7.90. The Hall–Kier alpha value is -0.160. The lowest BCUT2D eigenvalue weighted by atomic mass is 10.1. The van der Waals surface area contributed by atoms with E-state index in [-0.39, 0.29) is 0 Å². The van der Waals surface area contributed by atoms with E-state index in [4.69, 9.17) is 4.74 Å². The van der Waals surface area contributed by atoms with Gasteiger partial charge in [-0.2, -0.15) is 0 Å². The smallest absolute Gasteiger partial charge is 0.0726 e. The Labute approximate surface area is 118 Å². The molecule has 2 rings (SSSR count). The third-order valence-electron chi connectivity index (χ3n) is 4.68. The Kier molecular flexibility index (Phi) is 6.07. The van der Waals surface area contributed by atoms with Gasteiger partial charge >= 0.3 is 0 Å². The van der Waals surface area contributed by atoms with Crippen molar-refractivity contribution in [3.63, 3.8) is 0 Å². The quantitative estimate of drug-likeness (QED) is 0.751. The van der Waals surface area contributed by atoms with Crippen molar-refractivity contribution in [2.75, 3.05) is 46.9 Å². The molecule has 0 saturated carbocycles. The van der Waals surface area contributed by atoms with Crippen LogP contribution in [0.15, 0.2) is 0 Å². The highest BCUT2D eigenvalue weighted by Gasteiger charge is 2.23. The van der Waals surface area contributed by atoms with E-state index in [1.54, 1.807) is 0 Å². The zero-order valence-electron chi connectivity index (χ0n) is 12.9. The van der Waals surface area contributed by atoms with Gasteiger partial charge in [-0.05, 0) is 53.2 Å². The minimum atomic E-state index is 0.436. The minimum Gasteiger partial charge on any atom is -0.377 e. The molecule has 0 spiro atoms. The average Bonchev–Trinajstić information content (AvgIpc) is 3.02. The molecule has 0 aromatic heterocycles. The van der Waals surface area contributed by atoms with E-state index in [2.05, 4.69) is 36.1 Å². The van der Waals surface area contributed by atoms with E-state index in [1.807, 2.05) is 0 Å². The number of hydrogen-bond donors (Lipinski definition) is 1. The standard InChI is InChI=1S/C15H31N3O/c1-13(15-7-5-11-19-15)16-8-10-17(2)12-14-6-4-9-18(14)3/h13-16H,4-12H2,1-3H3. The molecule has 2 aliphatic rings. The van der Waals surface area contributed by atoms with E-state index in [0.29, 0.717) is 12.1 Å². The monoisotopic (exact) mass is 269 g/mol. The fourth-order valence-corrected chi connectivity index (χ4v) is 3.27. The van der Waals surface area contributed by atoms with Crippen molar-refractivity contribution in [2.45, 2.75) is 50.8 Å². The maximum atomic E-state index is 5.71. The number of hydrogen-bond acceptors (Lipinski definition) is 4. The summed E-state index contributed by atoms with van der Waals surface area (Å²) < 4.78 is 5.71. The molecule has 112 valence electrons. The van der Waals surface area contributed by atoms with Gasteiger partial charge in [-0.3, -0.25) is 0 Å². The van der Waals surface area contributed by atoms with Crippen molar-refractivity contribution in [3.05, 3.63) is 0 Å². The summed E-state index contributed by atoms with van der Waals surface area (Å²) in [6, 6.07) is 1.26. The normalized spacial score (nSPS) is 30.3. The fourth-order valence-electron chi connectivity index (χ4n) is 3.27. The Morgan fingerprint density at radius 1 is 1.37 bits per heavy atom. The molecule has 0 aliphatic carbocycles. The number of likely N-dealkylation sites (tertiary alicyclic amines) is 1. The second-order valence-electron chi connectivity index (χ2n) is 6.33. The summed E-state index contributed by atoms with van der Waals surface area (Å²) in [5, 5.41) is 3.61. The molecule has 2 fully saturated rings. The highest BCUT2D eigenvalue weighted by atomic mass is 16.5. The van der Waals surface area contributed by atoms with Gasteiger partial charge in [-0.1, -0.05) is 0 Å². The molecule has 4 heteroatoms. The van der Waals surface area contributed by atoms with Gasteiger partial charge in [0, 0.05) is 38.3 Å². The van der Waals surface area contributed by atoms with Gasteiger partial charge in [-0.15, -0.1) is 0 Å². The highest BCUT2D eigenvalue weighted by molar-refractivity contribution is 4.80. The van der Waals surface area contributed by atoms with Crippen molar-refractivity contribution < 1.29 is 4.74 Å². The summed E-state index contributed by atoms with van der Waals surface area (Å²) in [5.74, 6) is 0. The Morgan fingerprint density at radius 3 is 2.84 bits per heavy atom. The van der Waals surface area contributed by atoms with Crippen molar-refractivity contribution in [3.8, 4) is 0 Å². The summed E-state index contributed by atoms with van der Waals surface area (Å²) in [7, 11) is 4.49. The molecular formula is C15H31N3O. The van der Waals surface area contributed by atoms with E-state index < -0.39 is 0 Å². The molecule has 0 amide bonds. The molecule has 0 bridgehead atoms. The van der Waals surface area contributed by atoms with Crippen LogP contribution in [-0.4, -0.2) is 74.9 Å². The van der Waals surface area contributed by atoms with Gasteiger partial charge in [0.1, 0.15) is 0 Å². The maximum absolute atomic E-state index is 5.71. The first-order valence-corrected chi connectivity index (χ1v) is 7.90. The van der Waals surface area contributed by atoms with Crippen LogP contribution in [-0.2, 0) is 4.74 Å². The molecule has 2 heterocycles. The van der Waals surface area contributed by atoms with Gasteiger partial charge in [-0.25, -0.2) is 0 Å². The summed E-state index contributed by atoms with van der Waals surface area (Å²) in [4.78, 5) is 4.96. The number of ether oxygens (including phenoxy) is 1. The number of nitrogens with one attached hydrogen (secondary N) is 1. The fraction of sp³-hybridized carbons (Fsp3) is 1.00. The lowest BCUT2D eigenvalue weighted by Crippen LogP contribution is -2.43. The molecule has 0 aromatic carbocycles. The third kappa shape index (κ3) is 4.71. The molecule has 19 heavy (non-hydrogen) atoms. The molecule has 0 radical (unpaired) electrons. The SMILES string of the molecule is CC(NCCN(C)CC1CCCN1C)C1CCCO1. The van der Waals surface area contributed by atoms with Crippen LogP contribution in [0.1, 0.15) is 32.6 Å². The van der Waals surface area contributed by atoms with Crippen LogP contribution < -0.4 is 5.32 Å². The van der Waals surface area contributed by atoms with E-state index in [9.17, 15) is 0 Å². The minimum absolute atomic E-state index is 0.436. The zero-order valence-corrected chi connectivity index (χ0v) is 12.9. The highest BCUT2D eigenvalue weighted by Crippen LogP contribution is 2.16. The summed E-state index contributed by atoms with van der Waals surface area (Å²) in [6.07, 6.45) is 5.61. The predicted octanol–water partition coefficient (Wildman–Crippen LogP) is 1.17. The van der Waals surface area contributed by atoms with Crippen LogP contribution in [0.2, 0.25) is 0 Å². The molecule has 2 aliphatic heterocycles. The average molecular weight is 269 g/mol. The Balaban J connectivity index is 1.56. The topological polar surface area (TPSA) is 27.7 Å². The van der Waals surface area contributed by atoms with Crippen LogP contribution >= 0.6 is 0 Å². The summed E-state index contributed by atoms with van der Waals surface area (Å²) >= 11 is 0. The molecule has 1 N–H and O–H groups in total. The van der Waals surface area contributed by atoms with E-state index in [1.165, 1.54) is 38.8 Å². The maximum Gasteiger partial charge on any atom is 0.0726 e. The van der Waals surface area contributed by atoms with Crippen molar-refractivity contribution >= 4 is 0 Å². The van der Waals surface area contributed by atoms with Gasteiger partial charge in [0.2, 0.25) is 0 Å². The van der Waals surface area contributed by atoms with Gasteiger partial charge in [0.15, 0.2) is 0 Å². The van der Waals surface area contributed by atoms with E-state index in [0.717, 1.165) is 25.7 Å².